The van der Waals surface area contributed by atoms with Gasteiger partial charge in [0.05, 0.1) is 18.4 Å². The van der Waals surface area contributed by atoms with Gasteiger partial charge < -0.3 is 14.6 Å². The third kappa shape index (κ3) is 6.09. The van der Waals surface area contributed by atoms with Crippen LogP contribution in [0, 0.1) is 18.3 Å². The Labute approximate surface area is 186 Å². The summed E-state index contributed by atoms with van der Waals surface area (Å²) in [5.74, 6) is 1.57. The molecule has 8 heteroatoms. The summed E-state index contributed by atoms with van der Waals surface area (Å²) in [4.78, 5) is 12.5. The zero-order chi connectivity index (χ0) is 22.1. The lowest BCUT2D eigenvalue weighted by Crippen LogP contribution is -2.14. The van der Waals surface area contributed by atoms with Crippen LogP contribution in [0.2, 0.25) is 0 Å². The summed E-state index contributed by atoms with van der Waals surface area (Å²) in [6.07, 6.45) is 1.13. The number of unbranched alkanes of at least 4 members (excludes halogenated alkanes) is 1. The van der Waals surface area contributed by atoms with Crippen molar-refractivity contribution in [3.63, 3.8) is 0 Å². The zero-order valence-corrected chi connectivity index (χ0v) is 18.5. The normalized spacial score (nSPS) is 10.5. The molecule has 0 atom stereocenters. The van der Waals surface area contributed by atoms with Crippen LogP contribution in [0.25, 0.3) is 11.4 Å². The highest BCUT2D eigenvalue weighted by Gasteiger charge is 2.16. The fourth-order valence-electron chi connectivity index (χ4n) is 3.04. The number of aromatic nitrogens is 3. The molecule has 1 aromatic heterocycles. The Balaban J connectivity index is 1.59. The molecule has 0 saturated carbocycles. The van der Waals surface area contributed by atoms with Gasteiger partial charge in [-0.15, -0.1) is 10.2 Å². The molecule has 1 heterocycles. The second-order valence-electron chi connectivity index (χ2n) is 6.84. The molecule has 0 unspecified atom stereocenters. The largest absolute Gasteiger partial charge is 0.493 e. The summed E-state index contributed by atoms with van der Waals surface area (Å²) in [5.41, 5.74) is 2.84. The van der Waals surface area contributed by atoms with Crippen LogP contribution in [0.1, 0.15) is 25.3 Å². The highest BCUT2D eigenvalue weighted by atomic mass is 32.2. The van der Waals surface area contributed by atoms with Crippen molar-refractivity contribution >= 4 is 23.4 Å². The van der Waals surface area contributed by atoms with Gasteiger partial charge in [-0.05, 0) is 38.0 Å². The number of hydrogen-bond acceptors (Lipinski definition) is 6. The summed E-state index contributed by atoms with van der Waals surface area (Å²) in [6, 6.07) is 17.4. The topological polar surface area (TPSA) is 92.8 Å². The maximum absolute atomic E-state index is 12.5. The second kappa shape index (κ2) is 11.2. The lowest BCUT2D eigenvalue weighted by molar-refractivity contribution is -0.113. The van der Waals surface area contributed by atoms with Crippen LogP contribution in [-0.2, 0) is 11.3 Å². The van der Waals surface area contributed by atoms with E-state index in [4.69, 9.17) is 10.00 Å². The molecule has 2 aromatic carbocycles. The monoisotopic (exact) mass is 435 g/mol. The van der Waals surface area contributed by atoms with Gasteiger partial charge in [0.15, 0.2) is 11.0 Å². The smallest absolute Gasteiger partial charge is 0.234 e. The number of ether oxygens (including phenoxy) is 1. The Morgan fingerprint density at radius 2 is 2.06 bits per heavy atom. The first kappa shape index (κ1) is 22.4. The van der Waals surface area contributed by atoms with Gasteiger partial charge in [-0.2, -0.15) is 5.26 Å². The van der Waals surface area contributed by atoms with E-state index in [2.05, 4.69) is 21.6 Å². The van der Waals surface area contributed by atoms with Gasteiger partial charge in [-0.25, -0.2) is 0 Å². The average molecular weight is 436 g/mol. The predicted octanol–water partition coefficient (Wildman–Crippen LogP) is 4.69. The molecular formula is C23H25N5O2S. The number of aryl methyl sites for hydroxylation is 1. The number of anilines is 1. The molecule has 0 aliphatic rings. The van der Waals surface area contributed by atoms with Crippen molar-refractivity contribution < 1.29 is 9.53 Å². The number of rotatable bonds is 10. The molecule has 0 aliphatic carbocycles. The van der Waals surface area contributed by atoms with Crippen LogP contribution in [0.3, 0.4) is 0 Å². The molecule has 0 spiro atoms. The molecule has 3 aromatic rings. The van der Waals surface area contributed by atoms with Gasteiger partial charge in [-0.1, -0.05) is 42.1 Å². The maximum Gasteiger partial charge on any atom is 0.234 e. The van der Waals surface area contributed by atoms with Gasteiger partial charge in [0.1, 0.15) is 5.75 Å². The number of nitrogens with one attached hydrogen (secondary N) is 1. The molecule has 160 valence electrons. The quantitative estimate of drug-likeness (QED) is 0.367. The summed E-state index contributed by atoms with van der Waals surface area (Å²) in [7, 11) is 0. The third-order valence-electron chi connectivity index (χ3n) is 4.57. The number of nitriles is 1. The van der Waals surface area contributed by atoms with E-state index in [9.17, 15) is 4.79 Å². The van der Waals surface area contributed by atoms with Crippen molar-refractivity contribution in [2.45, 2.75) is 38.4 Å². The lowest BCUT2D eigenvalue weighted by atomic mass is 10.1. The van der Waals surface area contributed by atoms with E-state index in [0.717, 1.165) is 17.0 Å². The standard InChI is InChI=1S/C23H25N5O2S/c1-3-28-22(20-12-5-4-9-17(20)2)26-27-23(28)31-16-21(29)25-18-10-8-11-19(15-18)30-14-7-6-13-24/h4-5,8-12,15H,3,6-7,14,16H2,1-2H3,(H,25,29). The summed E-state index contributed by atoms with van der Waals surface area (Å²) in [6.45, 7) is 5.27. The summed E-state index contributed by atoms with van der Waals surface area (Å²) in [5, 5.41) is 20.8. The first-order valence-electron chi connectivity index (χ1n) is 10.1. The molecule has 0 bridgehead atoms. The second-order valence-corrected chi connectivity index (χ2v) is 7.78. The first-order valence-corrected chi connectivity index (χ1v) is 11.1. The van der Waals surface area contributed by atoms with Crippen LogP contribution in [-0.4, -0.2) is 33.0 Å². The number of thioether (sulfide) groups is 1. The van der Waals surface area contributed by atoms with Crippen molar-refractivity contribution in [1.82, 2.24) is 14.8 Å². The van der Waals surface area contributed by atoms with Gasteiger partial charge in [0, 0.05) is 30.3 Å². The molecule has 1 N–H and O–H groups in total. The van der Waals surface area contributed by atoms with E-state index in [1.165, 1.54) is 11.8 Å². The minimum atomic E-state index is -0.130. The van der Waals surface area contributed by atoms with Crippen LogP contribution in [0.4, 0.5) is 5.69 Å². The number of carbonyl (C=O) groups is 1. The van der Waals surface area contributed by atoms with Gasteiger partial charge in [0.25, 0.3) is 0 Å². The van der Waals surface area contributed by atoms with Crippen molar-refractivity contribution in [2.75, 3.05) is 17.7 Å². The molecule has 31 heavy (non-hydrogen) atoms. The van der Waals surface area contributed by atoms with Crippen LogP contribution in [0.15, 0.2) is 53.7 Å². The molecule has 0 radical (unpaired) electrons. The zero-order valence-electron chi connectivity index (χ0n) is 17.7. The Hall–Kier alpha value is -3.31. The fraction of sp³-hybridized carbons (Fsp3) is 0.304. The minimum Gasteiger partial charge on any atom is -0.493 e. The molecule has 3 rings (SSSR count). The molecule has 0 fully saturated rings. The number of amides is 1. The van der Waals surface area contributed by atoms with E-state index < -0.39 is 0 Å². The first-order chi connectivity index (χ1) is 15.1. The fourth-order valence-corrected chi connectivity index (χ4v) is 3.84. The van der Waals surface area contributed by atoms with Gasteiger partial charge in [-0.3, -0.25) is 4.79 Å². The van der Waals surface area contributed by atoms with Crippen molar-refractivity contribution in [3.05, 3.63) is 54.1 Å². The van der Waals surface area contributed by atoms with E-state index in [1.54, 1.807) is 6.07 Å². The average Bonchev–Trinajstić information content (AvgIpc) is 3.18. The van der Waals surface area contributed by atoms with E-state index >= 15 is 0 Å². The SMILES string of the molecule is CCn1c(SCC(=O)Nc2cccc(OCCCC#N)c2)nnc1-c1ccccc1C. The van der Waals surface area contributed by atoms with Crippen LogP contribution >= 0.6 is 11.8 Å². The highest BCUT2D eigenvalue weighted by molar-refractivity contribution is 7.99. The third-order valence-corrected chi connectivity index (χ3v) is 5.54. The molecular weight excluding hydrogens is 410 g/mol. The van der Waals surface area contributed by atoms with Gasteiger partial charge >= 0.3 is 0 Å². The Kier molecular flexibility index (Phi) is 8.07. The summed E-state index contributed by atoms with van der Waals surface area (Å²) < 4.78 is 7.64. The number of carbonyl (C=O) groups excluding carboxylic acids is 1. The van der Waals surface area contributed by atoms with E-state index in [-0.39, 0.29) is 11.7 Å². The number of hydrogen-bond donors (Lipinski definition) is 1. The van der Waals surface area contributed by atoms with Crippen molar-refractivity contribution in [1.29, 1.82) is 5.26 Å². The maximum atomic E-state index is 12.5. The number of nitrogens with zero attached hydrogens (tertiary/aromatic N) is 4. The van der Waals surface area contributed by atoms with Crippen LogP contribution in [0.5, 0.6) is 5.75 Å². The Bertz CT molecular complexity index is 1070. The highest BCUT2D eigenvalue weighted by Crippen LogP contribution is 2.26. The van der Waals surface area contributed by atoms with Crippen molar-refractivity contribution in [2.24, 2.45) is 0 Å². The van der Waals surface area contributed by atoms with E-state index in [1.807, 2.05) is 60.9 Å². The number of benzene rings is 2. The lowest BCUT2D eigenvalue weighted by Gasteiger charge is -2.10. The molecule has 1 amide bonds. The predicted molar refractivity (Wildman–Crippen MR) is 122 cm³/mol. The minimum absolute atomic E-state index is 0.130. The van der Waals surface area contributed by atoms with Crippen LogP contribution < -0.4 is 10.1 Å². The van der Waals surface area contributed by atoms with Gasteiger partial charge in [0.2, 0.25) is 5.91 Å². The Morgan fingerprint density at radius 1 is 1.23 bits per heavy atom. The molecule has 0 saturated heterocycles. The molecule has 7 nitrogen and oxygen atoms in total. The Morgan fingerprint density at radius 3 is 2.84 bits per heavy atom. The summed E-state index contributed by atoms with van der Waals surface area (Å²) >= 11 is 1.36. The van der Waals surface area contributed by atoms with E-state index in [0.29, 0.717) is 42.6 Å². The van der Waals surface area contributed by atoms with Crippen molar-refractivity contribution in [3.8, 4) is 23.2 Å². The molecule has 0 aliphatic heterocycles.